The largest absolute Gasteiger partial charge is 0.307 e. The summed E-state index contributed by atoms with van der Waals surface area (Å²) in [6.07, 6.45) is 0. The van der Waals surface area contributed by atoms with Crippen molar-refractivity contribution in [2.75, 3.05) is 10.0 Å². The van der Waals surface area contributed by atoms with E-state index in [-0.39, 0.29) is 21.2 Å². The first-order valence-electron chi connectivity index (χ1n) is 8.07. The van der Waals surface area contributed by atoms with E-state index in [2.05, 4.69) is 15.0 Å². The Bertz CT molecular complexity index is 1140. The zero-order chi connectivity index (χ0) is 20.3. The smallest absolute Gasteiger partial charge is 0.261 e. The van der Waals surface area contributed by atoms with Gasteiger partial charge in [0.1, 0.15) is 11.6 Å². The molecule has 2 N–H and O–H groups in total. The fourth-order valence-electron chi connectivity index (χ4n) is 2.36. The number of aromatic nitrogens is 1. The van der Waals surface area contributed by atoms with Crippen LogP contribution in [-0.2, 0) is 10.0 Å². The SMILES string of the molecule is Cc1cccc(NC(=O)c2ccc(Cl)c(NS(=O)(=O)c3ccc(F)cc3)c2)n1. The number of carbonyl (C=O) groups excluding carboxylic acids is 1. The average molecular weight is 420 g/mol. The lowest BCUT2D eigenvalue weighted by atomic mass is 10.2. The molecule has 1 aromatic heterocycles. The summed E-state index contributed by atoms with van der Waals surface area (Å²) >= 11 is 6.07. The van der Waals surface area contributed by atoms with E-state index in [4.69, 9.17) is 11.6 Å². The van der Waals surface area contributed by atoms with Crippen LogP contribution >= 0.6 is 11.6 Å². The maximum absolute atomic E-state index is 13.0. The van der Waals surface area contributed by atoms with Gasteiger partial charge in [-0.25, -0.2) is 17.8 Å². The van der Waals surface area contributed by atoms with Gasteiger partial charge in [0.2, 0.25) is 0 Å². The second-order valence-electron chi connectivity index (χ2n) is 5.87. The maximum atomic E-state index is 13.0. The quantitative estimate of drug-likeness (QED) is 0.647. The van der Waals surface area contributed by atoms with Crippen LogP contribution in [-0.4, -0.2) is 19.3 Å². The number of hydrogen-bond donors (Lipinski definition) is 2. The minimum Gasteiger partial charge on any atom is -0.307 e. The van der Waals surface area contributed by atoms with Crippen LogP contribution < -0.4 is 10.0 Å². The summed E-state index contributed by atoms with van der Waals surface area (Å²) in [6, 6.07) is 13.7. The Balaban J connectivity index is 1.85. The predicted octanol–water partition coefficient (Wildman–Crippen LogP) is 4.24. The van der Waals surface area contributed by atoms with Crippen LogP contribution in [0.4, 0.5) is 15.9 Å². The second-order valence-corrected chi connectivity index (χ2v) is 7.96. The maximum Gasteiger partial charge on any atom is 0.261 e. The first-order chi connectivity index (χ1) is 13.2. The number of nitrogens with one attached hydrogen (secondary N) is 2. The monoisotopic (exact) mass is 419 g/mol. The van der Waals surface area contributed by atoms with Crippen molar-refractivity contribution < 1.29 is 17.6 Å². The number of pyridine rings is 1. The van der Waals surface area contributed by atoms with Gasteiger partial charge in [0.25, 0.3) is 15.9 Å². The van der Waals surface area contributed by atoms with Gasteiger partial charge < -0.3 is 5.32 Å². The molecule has 0 fully saturated rings. The molecule has 2 aromatic carbocycles. The Morgan fingerprint density at radius 3 is 2.46 bits per heavy atom. The van der Waals surface area contributed by atoms with Crippen molar-refractivity contribution in [2.24, 2.45) is 0 Å². The van der Waals surface area contributed by atoms with Gasteiger partial charge in [-0.1, -0.05) is 17.7 Å². The number of halogens is 2. The van der Waals surface area contributed by atoms with Crippen molar-refractivity contribution in [2.45, 2.75) is 11.8 Å². The molecule has 9 heteroatoms. The molecule has 3 aromatic rings. The number of carbonyl (C=O) groups is 1. The van der Waals surface area contributed by atoms with E-state index in [1.807, 2.05) is 0 Å². The number of benzene rings is 2. The average Bonchev–Trinajstić information content (AvgIpc) is 2.63. The fraction of sp³-hybridized carbons (Fsp3) is 0.0526. The lowest BCUT2D eigenvalue weighted by Crippen LogP contribution is -2.16. The summed E-state index contributed by atoms with van der Waals surface area (Å²) in [5, 5.41) is 2.74. The summed E-state index contributed by atoms with van der Waals surface area (Å²) in [4.78, 5) is 16.5. The molecule has 0 saturated heterocycles. The molecule has 0 saturated carbocycles. The van der Waals surface area contributed by atoms with Gasteiger partial charge in [-0.05, 0) is 61.5 Å². The molecule has 0 aliphatic rings. The third-order valence-electron chi connectivity index (χ3n) is 3.73. The summed E-state index contributed by atoms with van der Waals surface area (Å²) in [7, 11) is -4.00. The van der Waals surface area contributed by atoms with Crippen LogP contribution in [0, 0.1) is 12.7 Å². The number of amides is 1. The zero-order valence-electron chi connectivity index (χ0n) is 14.6. The van der Waals surface area contributed by atoms with Gasteiger partial charge in [-0.15, -0.1) is 0 Å². The number of hydrogen-bond acceptors (Lipinski definition) is 4. The van der Waals surface area contributed by atoms with E-state index in [0.29, 0.717) is 5.82 Å². The molecule has 28 heavy (non-hydrogen) atoms. The Labute approximate surface area is 166 Å². The molecule has 0 atom stereocenters. The van der Waals surface area contributed by atoms with Crippen molar-refractivity contribution in [3.63, 3.8) is 0 Å². The molecule has 0 aliphatic heterocycles. The van der Waals surface area contributed by atoms with Gasteiger partial charge >= 0.3 is 0 Å². The van der Waals surface area contributed by atoms with Crippen LogP contribution in [0.5, 0.6) is 0 Å². The molecule has 3 rings (SSSR count). The van der Waals surface area contributed by atoms with Gasteiger partial charge in [-0.3, -0.25) is 9.52 Å². The Kier molecular flexibility index (Phi) is 5.62. The molecule has 6 nitrogen and oxygen atoms in total. The second kappa shape index (κ2) is 7.95. The van der Waals surface area contributed by atoms with E-state index < -0.39 is 21.7 Å². The first kappa shape index (κ1) is 19.8. The molecule has 0 unspecified atom stereocenters. The van der Waals surface area contributed by atoms with E-state index in [0.717, 1.165) is 30.0 Å². The minimum atomic E-state index is -4.00. The standard InChI is InChI=1S/C19H15ClFN3O3S/c1-12-3-2-4-18(22-12)23-19(25)13-5-10-16(20)17(11-13)24-28(26,27)15-8-6-14(21)7-9-15/h2-11,24H,1H3,(H,22,23,25). The lowest BCUT2D eigenvalue weighted by Gasteiger charge is -2.12. The number of anilines is 2. The topological polar surface area (TPSA) is 88.2 Å². The van der Waals surface area contributed by atoms with Gasteiger partial charge in [0.15, 0.2) is 0 Å². The molecule has 0 spiro atoms. The van der Waals surface area contributed by atoms with Crippen LogP contribution in [0.2, 0.25) is 5.02 Å². The molecular weight excluding hydrogens is 405 g/mol. The molecule has 144 valence electrons. The summed E-state index contributed by atoms with van der Waals surface area (Å²) in [5.41, 5.74) is 0.946. The Morgan fingerprint density at radius 2 is 1.79 bits per heavy atom. The molecule has 1 heterocycles. The van der Waals surface area contributed by atoms with Crippen molar-refractivity contribution >= 4 is 39.0 Å². The van der Waals surface area contributed by atoms with E-state index in [1.165, 1.54) is 18.2 Å². The molecule has 0 aliphatic carbocycles. The van der Waals surface area contributed by atoms with E-state index in [1.54, 1.807) is 25.1 Å². The van der Waals surface area contributed by atoms with Gasteiger partial charge in [-0.2, -0.15) is 0 Å². The Hall–Kier alpha value is -2.97. The highest BCUT2D eigenvalue weighted by Gasteiger charge is 2.17. The third-order valence-corrected chi connectivity index (χ3v) is 5.44. The van der Waals surface area contributed by atoms with E-state index >= 15 is 0 Å². The highest BCUT2D eigenvalue weighted by atomic mass is 35.5. The molecule has 0 bridgehead atoms. The zero-order valence-corrected chi connectivity index (χ0v) is 16.2. The van der Waals surface area contributed by atoms with Crippen molar-refractivity contribution in [3.8, 4) is 0 Å². The summed E-state index contributed by atoms with van der Waals surface area (Å²) in [6.45, 7) is 1.79. The van der Waals surface area contributed by atoms with Crippen molar-refractivity contribution in [1.29, 1.82) is 0 Å². The molecule has 0 radical (unpaired) electrons. The van der Waals surface area contributed by atoms with Crippen LogP contribution in [0.1, 0.15) is 16.1 Å². The third kappa shape index (κ3) is 4.65. The predicted molar refractivity (Wildman–Crippen MR) is 106 cm³/mol. The Morgan fingerprint density at radius 1 is 1.07 bits per heavy atom. The lowest BCUT2D eigenvalue weighted by molar-refractivity contribution is 0.102. The number of aryl methyl sites for hydroxylation is 1. The number of nitrogens with zero attached hydrogens (tertiary/aromatic N) is 1. The highest BCUT2D eigenvalue weighted by Crippen LogP contribution is 2.26. The van der Waals surface area contributed by atoms with Crippen molar-refractivity contribution in [1.82, 2.24) is 4.98 Å². The van der Waals surface area contributed by atoms with Crippen LogP contribution in [0.3, 0.4) is 0 Å². The molecule has 1 amide bonds. The van der Waals surface area contributed by atoms with E-state index in [9.17, 15) is 17.6 Å². The highest BCUT2D eigenvalue weighted by molar-refractivity contribution is 7.92. The number of sulfonamides is 1. The van der Waals surface area contributed by atoms with Gasteiger partial charge in [0.05, 0.1) is 15.6 Å². The first-order valence-corrected chi connectivity index (χ1v) is 9.94. The normalized spacial score (nSPS) is 11.1. The summed E-state index contributed by atoms with van der Waals surface area (Å²) < 4.78 is 40.3. The van der Waals surface area contributed by atoms with Crippen LogP contribution in [0.15, 0.2) is 65.6 Å². The number of rotatable bonds is 5. The fourth-order valence-corrected chi connectivity index (χ4v) is 3.65. The molecular formula is C19H15ClFN3O3S. The van der Waals surface area contributed by atoms with Crippen LogP contribution in [0.25, 0.3) is 0 Å². The van der Waals surface area contributed by atoms with Crippen molar-refractivity contribution in [3.05, 3.63) is 82.8 Å². The van der Waals surface area contributed by atoms with Gasteiger partial charge in [0, 0.05) is 11.3 Å². The minimum absolute atomic E-state index is 0.0239. The summed E-state index contributed by atoms with van der Waals surface area (Å²) in [5.74, 6) is -0.661.